The van der Waals surface area contributed by atoms with Crippen LogP contribution in [-0.4, -0.2) is 37.1 Å². The molecule has 1 aliphatic carbocycles. The molecular formula is C17H34N2. The van der Waals surface area contributed by atoms with Gasteiger partial charge in [0.1, 0.15) is 0 Å². The Labute approximate surface area is 120 Å². The van der Waals surface area contributed by atoms with Crippen molar-refractivity contribution >= 4 is 0 Å². The third kappa shape index (κ3) is 5.07. The molecule has 1 saturated carbocycles. The van der Waals surface area contributed by atoms with Crippen LogP contribution in [0.4, 0.5) is 0 Å². The van der Waals surface area contributed by atoms with E-state index < -0.39 is 0 Å². The van der Waals surface area contributed by atoms with E-state index in [0.29, 0.717) is 5.41 Å². The van der Waals surface area contributed by atoms with Gasteiger partial charge in [0.05, 0.1) is 0 Å². The fraction of sp³-hybridized carbons (Fsp3) is 1.00. The van der Waals surface area contributed by atoms with Gasteiger partial charge in [-0.05, 0) is 44.2 Å². The predicted molar refractivity (Wildman–Crippen MR) is 83.6 cm³/mol. The van der Waals surface area contributed by atoms with Gasteiger partial charge in [0, 0.05) is 19.1 Å². The Kier molecular flexibility index (Phi) is 6.15. The maximum absolute atomic E-state index is 3.80. The van der Waals surface area contributed by atoms with E-state index in [1.54, 1.807) is 0 Å². The summed E-state index contributed by atoms with van der Waals surface area (Å²) < 4.78 is 0. The highest BCUT2D eigenvalue weighted by molar-refractivity contribution is 4.81. The minimum Gasteiger partial charge on any atom is -0.313 e. The second kappa shape index (κ2) is 7.64. The molecule has 1 heterocycles. The van der Waals surface area contributed by atoms with E-state index in [9.17, 15) is 0 Å². The van der Waals surface area contributed by atoms with Gasteiger partial charge in [-0.1, -0.05) is 46.0 Å². The summed E-state index contributed by atoms with van der Waals surface area (Å²) in [6.07, 6.45) is 12.8. The number of piperidine rings is 1. The average Bonchev–Trinajstić information content (AvgIpc) is 2.70. The molecule has 1 saturated heterocycles. The standard InChI is InChI=1S/C17H34N2/c1-3-17(2)10-13-19(14-11-17)15-12-18-16-8-6-4-5-7-9-16/h16,18H,3-15H2,1-2H3. The van der Waals surface area contributed by atoms with Crippen molar-refractivity contribution in [2.75, 3.05) is 26.2 Å². The lowest BCUT2D eigenvalue weighted by Crippen LogP contribution is -2.43. The first-order valence-electron chi connectivity index (χ1n) is 8.68. The molecule has 0 amide bonds. The maximum Gasteiger partial charge on any atom is 0.0107 e. The molecule has 0 radical (unpaired) electrons. The molecule has 0 aromatic rings. The third-order valence-electron chi connectivity index (χ3n) is 5.63. The molecule has 19 heavy (non-hydrogen) atoms. The summed E-state index contributed by atoms with van der Waals surface area (Å²) in [4.78, 5) is 2.67. The van der Waals surface area contributed by atoms with Gasteiger partial charge in [-0.2, -0.15) is 0 Å². The summed E-state index contributed by atoms with van der Waals surface area (Å²) in [5.41, 5.74) is 0.630. The van der Waals surface area contributed by atoms with Crippen molar-refractivity contribution in [3.63, 3.8) is 0 Å². The van der Waals surface area contributed by atoms with Gasteiger partial charge >= 0.3 is 0 Å². The average molecular weight is 266 g/mol. The Balaban J connectivity index is 1.59. The van der Waals surface area contributed by atoms with Crippen molar-refractivity contribution in [3.8, 4) is 0 Å². The Morgan fingerprint density at radius 3 is 2.26 bits per heavy atom. The van der Waals surface area contributed by atoms with Crippen molar-refractivity contribution < 1.29 is 0 Å². The molecule has 0 atom stereocenters. The van der Waals surface area contributed by atoms with Gasteiger partial charge in [0.25, 0.3) is 0 Å². The highest BCUT2D eigenvalue weighted by atomic mass is 15.1. The van der Waals surface area contributed by atoms with Crippen LogP contribution in [0, 0.1) is 5.41 Å². The van der Waals surface area contributed by atoms with Crippen molar-refractivity contribution in [1.82, 2.24) is 10.2 Å². The summed E-state index contributed by atoms with van der Waals surface area (Å²) >= 11 is 0. The zero-order valence-corrected chi connectivity index (χ0v) is 13.2. The first-order chi connectivity index (χ1) is 9.22. The van der Waals surface area contributed by atoms with Crippen LogP contribution in [-0.2, 0) is 0 Å². The van der Waals surface area contributed by atoms with Crippen LogP contribution in [0.2, 0.25) is 0 Å². The molecule has 2 rings (SSSR count). The van der Waals surface area contributed by atoms with E-state index in [-0.39, 0.29) is 0 Å². The number of hydrogen-bond acceptors (Lipinski definition) is 2. The topological polar surface area (TPSA) is 15.3 Å². The Bertz CT molecular complexity index is 236. The Hall–Kier alpha value is -0.0800. The second-order valence-corrected chi connectivity index (χ2v) is 7.15. The minimum absolute atomic E-state index is 0.630. The first-order valence-corrected chi connectivity index (χ1v) is 8.68. The van der Waals surface area contributed by atoms with Crippen LogP contribution in [0.25, 0.3) is 0 Å². The molecule has 0 aromatic carbocycles. The fourth-order valence-corrected chi connectivity index (χ4v) is 3.58. The highest BCUT2D eigenvalue weighted by Gasteiger charge is 2.27. The van der Waals surface area contributed by atoms with Gasteiger partial charge in [0.15, 0.2) is 0 Å². The molecule has 0 unspecified atom stereocenters. The maximum atomic E-state index is 3.80. The second-order valence-electron chi connectivity index (χ2n) is 7.15. The SMILES string of the molecule is CCC1(C)CCN(CCNC2CCCCCC2)CC1. The fourth-order valence-electron chi connectivity index (χ4n) is 3.58. The molecule has 2 aliphatic rings. The summed E-state index contributed by atoms with van der Waals surface area (Å²) in [6, 6.07) is 0.813. The van der Waals surface area contributed by atoms with Gasteiger partial charge in [0.2, 0.25) is 0 Å². The van der Waals surface area contributed by atoms with Crippen molar-refractivity contribution in [3.05, 3.63) is 0 Å². The van der Waals surface area contributed by atoms with Gasteiger partial charge < -0.3 is 10.2 Å². The van der Waals surface area contributed by atoms with Crippen LogP contribution >= 0.6 is 0 Å². The minimum atomic E-state index is 0.630. The molecular weight excluding hydrogens is 232 g/mol. The first kappa shape index (κ1) is 15.3. The lowest BCUT2D eigenvalue weighted by Gasteiger charge is -2.39. The quantitative estimate of drug-likeness (QED) is 0.761. The zero-order valence-electron chi connectivity index (χ0n) is 13.2. The largest absolute Gasteiger partial charge is 0.313 e. The molecule has 0 aromatic heterocycles. The normalized spacial score (nSPS) is 26.2. The number of likely N-dealkylation sites (tertiary alicyclic amines) is 1. The number of nitrogens with one attached hydrogen (secondary N) is 1. The number of rotatable bonds is 5. The lowest BCUT2D eigenvalue weighted by molar-refractivity contribution is 0.114. The van der Waals surface area contributed by atoms with E-state index in [1.165, 1.54) is 84.0 Å². The van der Waals surface area contributed by atoms with Crippen LogP contribution in [0.15, 0.2) is 0 Å². The van der Waals surface area contributed by atoms with Crippen LogP contribution in [0.5, 0.6) is 0 Å². The molecule has 0 bridgehead atoms. The molecule has 0 spiro atoms. The van der Waals surface area contributed by atoms with E-state index in [0.717, 1.165) is 6.04 Å². The molecule has 2 fully saturated rings. The summed E-state index contributed by atoms with van der Waals surface area (Å²) in [6.45, 7) is 9.91. The Morgan fingerprint density at radius 2 is 1.68 bits per heavy atom. The van der Waals surface area contributed by atoms with Gasteiger partial charge in [-0.15, -0.1) is 0 Å². The summed E-state index contributed by atoms with van der Waals surface area (Å²) in [7, 11) is 0. The molecule has 1 aliphatic heterocycles. The third-order valence-corrected chi connectivity index (χ3v) is 5.63. The van der Waals surface area contributed by atoms with Crippen LogP contribution < -0.4 is 5.32 Å². The van der Waals surface area contributed by atoms with E-state index in [4.69, 9.17) is 0 Å². The van der Waals surface area contributed by atoms with Crippen LogP contribution in [0.1, 0.15) is 71.6 Å². The molecule has 2 nitrogen and oxygen atoms in total. The highest BCUT2D eigenvalue weighted by Crippen LogP contribution is 2.33. The monoisotopic (exact) mass is 266 g/mol. The molecule has 1 N–H and O–H groups in total. The van der Waals surface area contributed by atoms with E-state index >= 15 is 0 Å². The van der Waals surface area contributed by atoms with Gasteiger partial charge in [-0.3, -0.25) is 0 Å². The molecule has 112 valence electrons. The summed E-state index contributed by atoms with van der Waals surface area (Å²) in [5.74, 6) is 0. The molecule has 2 heteroatoms. The zero-order chi connectivity index (χ0) is 13.6. The Morgan fingerprint density at radius 1 is 1.05 bits per heavy atom. The smallest absolute Gasteiger partial charge is 0.0107 e. The van der Waals surface area contributed by atoms with E-state index in [2.05, 4.69) is 24.1 Å². The lowest BCUT2D eigenvalue weighted by atomic mass is 9.78. The number of nitrogens with zero attached hydrogens (tertiary/aromatic N) is 1. The van der Waals surface area contributed by atoms with Gasteiger partial charge in [-0.25, -0.2) is 0 Å². The summed E-state index contributed by atoms with van der Waals surface area (Å²) in [5, 5.41) is 3.80. The van der Waals surface area contributed by atoms with Crippen molar-refractivity contribution in [2.24, 2.45) is 5.41 Å². The van der Waals surface area contributed by atoms with E-state index in [1.807, 2.05) is 0 Å². The predicted octanol–water partition coefficient (Wildman–Crippen LogP) is 3.81. The number of hydrogen-bond donors (Lipinski definition) is 1. The van der Waals surface area contributed by atoms with Crippen molar-refractivity contribution in [2.45, 2.75) is 77.7 Å². The van der Waals surface area contributed by atoms with Crippen molar-refractivity contribution in [1.29, 1.82) is 0 Å². The van der Waals surface area contributed by atoms with Crippen LogP contribution in [0.3, 0.4) is 0 Å².